The first-order chi connectivity index (χ1) is 15.1. The number of piperidine rings is 1. The minimum absolute atomic E-state index is 0.154. The minimum atomic E-state index is -3.49. The van der Waals surface area contributed by atoms with E-state index in [1.54, 1.807) is 23.8 Å². The molecular weight excluding hydrogens is 434 g/mol. The van der Waals surface area contributed by atoms with Crippen molar-refractivity contribution < 1.29 is 13.2 Å². The van der Waals surface area contributed by atoms with Crippen molar-refractivity contribution in [2.45, 2.75) is 23.1 Å². The third-order valence-corrected chi connectivity index (χ3v) is 8.70. The van der Waals surface area contributed by atoms with Gasteiger partial charge in [0.05, 0.1) is 18.7 Å². The largest absolute Gasteiger partial charge is 0.378 e. The molecule has 1 aromatic carbocycles. The van der Waals surface area contributed by atoms with Crippen molar-refractivity contribution in [1.82, 2.24) is 14.7 Å². The molecule has 1 unspecified atom stereocenters. The van der Waals surface area contributed by atoms with E-state index in [0.717, 1.165) is 68.1 Å². The van der Waals surface area contributed by atoms with Crippen molar-refractivity contribution in [1.29, 1.82) is 0 Å². The smallest absolute Gasteiger partial charge is 0.250 e. The Morgan fingerprint density at radius 2 is 1.97 bits per heavy atom. The maximum Gasteiger partial charge on any atom is 0.250 e. The van der Waals surface area contributed by atoms with Gasteiger partial charge in [-0.2, -0.15) is 0 Å². The molecule has 1 atom stereocenters. The van der Waals surface area contributed by atoms with Gasteiger partial charge in [-0.3, -0.25) is 0 Å². The summed E-state index contributed by atoms with van der Waals surface area (Å²) in [6.07, 6.45) is 3.31. The van der Waals surface area contributed by atoms with Gasteiger partial charge in [-0.25, -0.2) is 23.1 Å². The van der Waals surface area contributed by atoms with Gasteiger partial charge >= 0.3 is 0 Å². The highest BCUT2D eigenvalue weighted by atomic mass is 32.2. The van der Waals surface area contributed by atoms with E-state index in [1.165, 1.54) is 11.3 Å². The summed E-state index contributed by atoms with van der Waals surface area (Å²) in [6, 6.07) is 9.53. The number of sulfonamides is 1. The van der Waals surface area contributed by atoms with Gasteiger partial charge in [0.1, 0.15) is 16.4 Å². The minimum Gasteiger partial charge on any atom is -0.378 e. The van der Waals surface area contributed by atoms with E-state index >= 15 is 0 Å². The van der Waals surface area contributed by atoms with Crippen LogP contribution >= 0.6 is 11.3 Å². The van der Waals surface area contributed by atoms with Crippen LogP contribution < -0.4 is 14.5 Å². The lowest BCUT2D eigenvalue weighted by molar-refractivity contribution is 0.122. The van der Waals surface area contributed by atoms with Gasteiger partial charge in [0.25, 0.3) is 0 Å². The molecule has 1 N–H and O–H groups in total. The average Bonchev–Trinajstić information content (AvgIpc) is 3.35. The highest BCUT2D eigenvalue weighted by Crippen LogP contribution is 2.29. The third-order valence-electron chi connectivity index (χ3n) is 5.78. The maximum atomic E-state index is 12.6. The molecule has 5 rings (SSSR count). The highest BCUT2D eigenvalue weighted by Gasteiger charge is 2.27. The van der Waals surface area contributed by atoms with Gasteiger partial charge in [0.15, 0.2) is 0 Å². The molecule has 0 bridgehead atoms. The average molecular weight is 460 g/mol. The molecule has 2 saturated heterocycles. The topological polar surface area (TPSA) is 87.7 Å². The predicted molar refractivity (Wildman–Crippen MR) is 122 cm³/mol. The lowest BCUT2D eigenvalue weighted by atomic mass is 10.1. The van der Waals surface area contributed by atoms with Gasteiger partial charge < -0.3 is 14.5 Å². The van der Waals surface area contributed by atoms with Gasteiger partial charge in [0, 0.05) is 43.3 Å². The van der Waals surface area contributed by atoms with E-state index in [4.69, 9.17) is 4.74 Å². The standard InChI is InChI=1S/C21H25N5O3S2/c27-31(28,20-4-2-12-30-20)24-16-3-1-7-26(14-16)21-18-6-5-17(13-19(18)22-15-23-21)25-8-10-29-11-9-25/h2,4-6,12-13,15-16,24H,1,3,7-11,14H2. The molecule has 10 heteroatoms. The van der Waals surface area contributed by atoms with Gasteiger partial charge in [0.2, 0.25) is 10.0 Å². The molecule has 0 saturated carbocycles. The van der Waals surface area contributed by atoms with Crippen LogP contribution in [-0.2, 0) is 14.8 Å². The Balaban J connectivity index is 1.37. The van der Waals surface area contributed by atoms with E-state index < -0.39 is 10.0 Å². The van der Waals surface area contributed by atoms with Crippen molar-refractivity contribution in [2.24, 2.45) is 0 Å². The van der Waals surface area contributed by atoms with E-state index in [1.807, 2.05) is 0 Å². The van der Waals surface area contributed by atoms with Crippen LogP contribution in [0.5, 0.6) is 0 Å². The summed E-state index contributed by atoms with van der Waals surface area (Å²) in [7, 11) is -3.49. The molecule has 0 aliphatic carbocycles. The molecule has 2 aliphatic heterocycles. The number of thiophene rings is 1. The van der Waals surface area contributed by atoms with Crippen LogP contribution in [-0.4, -0.2) is 63.8 Å². The van der Waals surface area contributed by atoms with Crippen LogP contribution in [0.15, 0.2) is 46.2 Å². The van der Waals surface area contributed by atoms with Crippen molar-refractivity contribution >= 4 is 43.8 Å². The van der Waals surface area contributed by atoms with E-state index in [-0.39, 0.29) is 6.04 Å². The second kappa shape index (κ2) is 8.70. The normalized spacial score (nSPS) is 20.3. The quantitative estimate of drug-likeness (QED) is 0.627. The van der Waals surface area contributed by atoms with Gasteiger partial charge in [-0.1, -0.05) is 6.07 Å². The Labute approximate surface area is 185 Å². The van der Waals surface area contributed by atoms with Crippen LogP contribution in [0.25, 0.3) is 10.9 Å². The van der Waals surface area contributed by atoms with Gasteiger partial charge in [-0.05, 0) is 42.5 Å². The summed E-state index contributed by atoms with van der Waals surface area (Å²) in [5.74, 6) is 0.860. The van der Waals surface area contributed by atoms with E-state index in [2.05, 4.69) is 42.7 Å². The molecule has 2 aromatic heterocycles. The number of nitrogens with one attached hydrogen (secondary N) is 1. The first-order valence-corrected chi connectivity index (χ1v) is 12.8. The summed E-state index contributed by atoms with van der Waals surface area (Å²) in [5.41, 5.74) is 2.04. The van der Waals surface area contributed by atoms with Crippen molar-refractivity contribution in [3.63, 3.8) is 0 Å². The molecule has 4 heterocycles. The first-order valence-electron chi connectivity index (χ1n) is 10.5. The number of fused-ring (bicyclic) bond motifs is 1. The van der Waals surface area contributed by atoms with Crippen LogP contribution in [0.1, 0.15) is 12.8 Å². The fraction of sp³-hybridized carbons (Fsp3) is 0.429. The number of benzene rings is 1. The Bertz CT molecular complexity index is 1150. The molecule has 8 nitrogen and oxygen atoms in total. The molecular formula is C21H25N5O3S2. The van der Waals surface area contributed by atoms with E-state index in [0.29, 0.717) is 10.8 Å². The Hall–Kier alpha value is -2.27. The van der Waals surface area contributed by atoms with Crippen LogP contribution in [0.3, 0.4) is 0 Å². The molecule has 0 spiro atoms. The first kappa shape index (κ1) is 20.6. The van der Waals surface area contributed by atoms with Crippen molar-refractivity contribution in [3.05, 3.63) is 42.0 Å². The number of nitrogens with zero attached hydrogens (tertiary/aromatic N) is 4. The van der Waals surface area contributed by atoms with Crippen molar-refractivity contribution in [3.8, 4) is 0 Å². The van der Waals surface area contributed by atoms with Crippen LogP contribution in [0.4, 0.5) is 11.5 Å². The summed E-state index contributed by atoms with van der Waals surface area (Å²) >= 11 is 1.23. The number of rotatable bonds is 5. The molecule has 0 radical (unpaired) electrons. The summed E-state index contributed by atoms with van der Waals surface area (Å²) in [4.78, 5) is 13.5. The fourth-order valence-electron chi connectivity index (χ4n) is 4.26. The Morgan fingerprint density at radius 1 is 1.10 bits per heavy atom. The number of anilines is 2. The molecule has 3 aromatic rings. The predicted octanol–water partition coefficient (Wildman–Crippen LogP) is 2.48. The summed E-state index contributed by atoms with van der Waals surface area (Å²) in [5, 5.41) is 2.77. The molecule has 2 fully saturated rings. The van der Waals surface area contributed by atoms with Crippen LogP contribution in [0.2, 0.25) is 0 Å². The second-order valence-corrected chi connectivity index (χ2v) is 10.7. The number of hydrogen-bond donors (Lipinski definition) is 1. The third kappa shape index (κ3) is 4.38. The molecule has 0 amide bonds. The SMILES string of the molecule is O=S(=O)(NC1CCCN(c2ncnc3cc(N4CCOCC4)ccc23)C1)c1cccs1. The Kier molecular flexibility index (Phi) is 5.79. The van der Waals surface area contributed by atoms with Crippen molar-refractivity contribution in [2.75, 3.05) is 49.2 Å². The molecule has 31 heavy (non-hydrogen) atoms. The number of hydrogen-bond acceptors (Lipinski definition) is 8. The number of ether oxygens (including phenoxy) is 1. The number of morpholine rings is 1. The zero-order chi connectivity index (χ0) is 21.3. The lowest BCUT2D eigenvalue weighted by Gasteiger charge is -2.34. The summed E-state index contributed by atoms with van der Waals surface area (Å²) < 4.78 is 34.0. The fourth-order valence-corrected chi connectivity index (χ4v) is 6.53. The summed E-state index contributed by atoms with van der Waals surface area (Å²) in [6.45, 7) is 4.66. The monoisotopic (exact) mass is 459 g/mol. The lowest BCUT2D eigenvalue weighted by Crippen LogP contribution is -2.47. The Morgan fingerprint density at radius 3 is 2.77 bits per heavy atom. The maximum absolute atomic E-state index is 12.6. The van der Waals surface area contributed by atoms with Crippen LogP contribution in [0, 0.1) is 0 Å². The second-order valence-electron chi connectivity index (χ2n) is 7.84. The van der Waals surface area contributed by atoms with E-state index in [9.17, 15) is 8.42 Å². The highest BCUT2D eigenvalue weighted by molar-refractivity contribution is 7.91. The number of aromatic nitrogens is 2. The zero-order valence-corrected chi connectivity index (χ0v) is 18.7. The molecule has 164 valence electrons. The van der Waals surface area contributed by atoms with Gasteiger partial charge in [-0.15, -0.1) is 11.3 Å². The zero-order valence-electron chi connectivity index (χ0n) is 17.1. The molecule has 2 aliphatic rings.